The Balaban J connectivity index is 1.65. The number of fused-ring (bicyclic) bond motifs is 1. The Kier molecular flexibility index (Phi) is 4.28. The molecular weight excluding hydrogens is 350 g/mol. The monoisotopic (exact) mass is 369 g/mol. The summed E-state index contributed by atoms with van der Waals surface area (Å²) in [5.41, 5.74) is 2.70. The molecule has 0 spiro atoms. The average Bonchev–Trinajstić information content (AvgIpc) is 3.05. The molecule has 0 saturated carbocycles. The summed E-state index contributed by atoms with van der Waals surface area (Å²) in [6.45, 7) is 5.86. The number of carbonyl (C=O) groups is 1. The molecule has 4 rings (SSSR count). The van der Waals surface area contributed by atoms with Gasteiger partial charge in [0.15, 0.2) is 0 Å². The number of halogens is 1. The molecule has 1 fully saturated rings. The number of nitrogens with one attached hydrogen (secondary N) is 1. The van der Waals surface area contributed by atoms with Crippen molar-refractivity contribution in [3.05, 3.63) is 41.6 Å². The third-order valence-corrected chi connectivity index (χ3v) is 5.14. The van der Waals surface area contributed by atoms with E-state index < -0.39 is 0 Å². The molecular formula is C19H20ClN5O. The highest BCUT2D eigenvalue weighted by molar-refractivity contribution is 6.33. The van der Waals surface area contributed by atoms with E-state index in [1.54, 1.807) is 13.1 Å². The van der Waals surface area contributed by atoms with E-state index in [1.807, 2.05) is 35.2 Å². The highest BCUT2D eigenvalue weighted by Crippen LogP contribution is 2.30. The van der Waals surface area contributed by atoms with Gasteiger partial charge in [-0.2, -0.15) is 0 Å². The van der Waals surface area contributed by atoms with Gasteiger partial charge in [0.05, 0.1) is 16.1 Å². The van der Waals surface area contributed by atoms with Gasteiger partial charge in [0, 0.05) is 44.4 Å². The molecule has 1 atom stereocenters. The number of amides is 1. The van der Waals surface area contributed by atoms with Crippen LogP contribution in [0.1, 0.15) is 13.8 Å². The molecule has 1 N–H and O–H groups in total. The van der Waals surface area contributed by atoms with Gasteiger partial charge in [-0.1, -0.05) is 23.7 Å². The fraction of sp³-hybridized carbons (Fsp3) is 0.316. The number of rotatable bonds is 2. The molecule has 0 radical (unpaired) electrons. The second-order valence-electron chi connectivity index (χ2n) is 6.63. The molecule has 0 unspecified atom stereocenters. The van der Waals surface area contributed by atoms with Crippen LogP contribution in [0.25, 0.3) is 22.4 Å². The average molecular weight is 370 g/mol. The van der Waals surface area contributed by atoms with Crippen LogP contribution in [0.4, 0.5) is 5.82 Å². The number of aromatic nitrogens is 3. The highest BCUT2D eigenvalue weighted by atomic mass is 35.5. The van der Waals surface area contributed by atoms with Crippen molar-refractivity contribution in [3.8, 4) is 11.4 Å². The minimum atomic E-state index is 0.115. The number of nitrogens with zero attached hydrogens (tertiary/aromatic N) is 4. The molecule has 1 aliphatic rings. The zero-order chi connectivity index (χ0) is 18.3. The van der Waals surface area contributed by atoms with Crippen LogP contribution in [0.15, 0.2) is 36.5 Å². The maximum absolute atomic E-state index is 11.7. The number of aromatic amines is 1. The summed E-state index contributed by atoms with van der Waals surface area (Å²) in [5.74, 6) is 1.69. The van der Waals surface area contributed by atoms with E-state index in [0.29, 0.717) is 11.6 Å². The SMILES string of the molecule is CC(=O)N1CCN(c2cc(-c3nc4ccccc4[nH]3)c(Cl)cn2)C[C@H]1C. The Morgan fingerprint density at radius 1 is 1.31 bits per heavy atom. The molecule has 7 heteroatoms. The molecule has 3 heterocycles. The molecule has 1 aromatic carbocycles. The molecule has 26 heavy (non-hydrogen) atoms. The van der Waals surface area contributed by atoms with E-state index in [2.05, 4.69) is 26.8 Å². The lowest BCUT2D eigenvalue weighted by Crippen LogP contribution is -2.53. The van der Waals surface area contributed by atoms with Crippen LogP contribution in [-0.2, 0) is 4.79 Å². The second kappa shape index (κ2) is 6.61. The Hall–Kier alpha value is -2.60. The summed E-state index contributed by atoms with van der Waals surface area (Å²) in [4.78, 5) is 28.2. The Bertz CT molecular complexity index is 936. The van der Waals surface area contributed by atoms with Gasteiger partial charge in [0.25, 0.3) is 0 Å². The summed E-state index contributed by atoms with van der Waals surface area (Å²) in [6.07, 6.45) is 1.67. The van der Waals surface area contributed by atoms with Crippen LogP contribution in [0.2, 0.25) is 5.02 Å². The fourth-order valence-corrected chi connectivity index (χ4v) is 3.69. The molecule has 0 aliphatic carbocycles. The van der Waals surface area contributed by atoms with Crippen molar-refractivity contribution in [1.29, 1.82) is 0 Å². The third-order valence-electron chi connectivity index (χ3n) is 4.84. The molecule has 6 nitrogen and oxygen atoms in total. The van der Waals surface area contributed by atoms with Crippen LogP contribution in [0, 0.1) is 0 Å². The largest absolute Gasteiger partial charge is 0.353 e. The normalized spacial score (nSPS) is 17.7. The minimum absolute atomic E-state index is 0.115. The maximum atomic E-state index is 11.7. The van der Waals surface area contributed by atoms with Crippen molar-refractivity contribution in [2.24, 2.45) is 0 Å². The van der Waals surface area contributed by atoms with E-state index in [1.165, 1.54) is 0 Å². The first-order valence-corrected chi connectivity index (χ1v) is 9.03. The van der Waals surface area contributed by atoms with Gasteiger partial charge in [-0.15, -0.1) is 0 Å². The summed E-state index contributed by atoms with van der Waals surface area (Å²) < 4.78 is 0. The summed E-state index contributed by atoms with van der Waals surface area (Å²) in [5, 5.41) is 0.559. The molecule has 0 bridgehead atoms. The smallest absolute Gasteiger partial charge is 0.219 e. The van der Waals surface area contributed by atoms with Gasteiger partial charge in [0.2, 0.25) is 5.91 Å². The van der Waals surface area contributed by atoms with Crippen molar-refractivity contribution in [2.45, 2.75) is 19.9 Å². The predicted molar refractivity (Wildman–Crippen MR) is 103 cm³/mol. The lowest BCUT2D eigenvalue weighted by molar-refractivity contribution is -0.131. The first-order chi connectivity index (χ1) is 12.5. The number of imidazole rings is 1. The number of carbonyl (C=O) groups excluding carboxylic acids is 1. The molecule has 2 aromatic heterocycles. The van der Waals surface area contributed by atoms with Crippen LogP contribution in [0.5, 0.6) is 0 Å². The number of para-hydroxylation sites is 2. The van der Waals surface area contributed by atoms with Gasteiger partial charge in [-0.25, -0.2) is 9.97 Å². The first-order valence-electron chi connectivity index (χ1n) is 8.66. The van der Waals surface area contributed by atoms with E-state index in [0.717, 1.165) is 41.3 Å². The number of hydrogen-bond donors (Lipinski definition) is 1. The zero-order valence-corrected chi connectivity index (χ0v) is 15.5. The third kappa shape index (κ3) is 3.01. The maximum Gasteiger partial charge on any atom is 0.219 e. The molecule has 1 saturated heterocycles. The lowest BCUT2D eigenvalue weighted by atomic mass is 10.1. The second-order valence-corrected chi connectivity index (χ2v) is 7.04. The van der Waals surface area contributed by atoms with Crippen molar-refractivity contribution in [2.75, 3.05) is 24.5 Å². The van der Waals surface area contributed by atoms with E-state index in [9.17, 15) is 4.79 Å². The van der Waals surface area contributed by atoms with E-state index >= 15 is 0 Å². The number of pyridine rings is 1. The van der Waals surface area contributed by atoms with Gasteiger partial charge in [-0.3, -0.25) is 4.79 Å². The number of benzene rings is 1. The van der Waals surface area contributed by atoms with E-state index in [-0.39, 0.29) is 11.9 Å². The van der Waals surface area contributed by atoms with Crippen molar-refractivity contribution in [3.63, 3.8) is 0 Å². The van der Waals surface area contributed by atoms with Crippen LogP contribution >= 0.6 is 11.6 Å². The highest BCUT2D eigenvalue weighted by Gasteiger charge is 2.26. The standard InChI is InChI=1S/C19H20ClN5O/c1-12-11-24(7-8-25(12)13(2)26)18-9-14(15(20)10-21-18)19-22-16-5-3-4-6-17(16)23-19/h3-6,9-10,12H,7-8,11H2,1-2H3,(H,22,23)/t12-/m1/s1. The lowest BCUT2D eigenvalue weighted by Gasteiger charge is -2.40. The van der Waals surface area contributed by atoms with Crippen LogP contribution in [0.3, 0.4) is 0 Å². The van der Waals surface area contributed by atoms with Crippen molar-refractivity contribution in [1.82, 2.24) is 19.9 Å². The van der Waals surface area contributed by atoms with Gasteiger partial charge >= 0.3 is 0 Å². The molecule has 1 aliphatic heterocycles. The zero-order valence-electron chi connectivity index (χ0n) is 14.7. The van der Waals surface area contributed by atoms with Crippen molar-refractivity contribution < 1.29 is 4.79 Å². The Morgan fingerprint density at radius 2 is 2.12 bits per heavy atom. The minimum Gasteiger partial charge on any atom is -0.353 e. The van der Waals surface area contributed by atoms with Crippen molar-refractivity contribution >= 4 is 34.4 Å². The topological polar surface area (TPSA) is 65.1 Å². The summed E-state index contributed by atoms with van der Waals surface area (Å²) in [7, 11) is 0. The fourth-order valence-electron chi connectivity index (χ4n) is 3.50. The molecule has 3 aromatic rings. The summed E-state index contributed by atoms with van der Waals surface area (Å²) in [6, 6.07) is 10.0. The molecule has 134 valence electrons. The van der Waals surface area contributed by atoms with Gasteiger partial charge in [-0.05, 0) is 25.1 Å². The number of hydrogen-bond acceptors (Lipinski definition) is 4. The van der Waals surface area contributed by atoms with Gasteiger partial charge in [0.1, 0.15) is 11.6 Å². The number of anilines is 1. The predicted octanol–water partition coefficient (Wildman–Crippen LogP) is 3.34. The first kappa shape index (κ1) is 16.8. The quantitative estimate of drug-likeness (QED) is 0.752. The number of piperazine rings is 1. The summed E-state index contributed by atoms with van der Waals surface area (Å²) >= 11 is 6.40. The molecule has 1 amide bonds. The number of H-pyrrole nitrogens is 1. The van der Waals surface area contributed by atoms with Gasteiger partial charge < -0.3 is 14.8 Å². The Labute approximate surface area is 156 Å². The van der Waals surface area contributed by atoms with Crippen LogP contribution < -0.4 is 4.90 Å². The van der Waals surface area contributed by atoms with E-state index in [4.69, 9.17) is 11.6 Å². The Morgan fingerprint density at radius 3 is 2.85 bits per heavy atom. The van der Waals surface area contributed by atoms with Crippen LogP contribution in [-0.4, -0.2) is 51.4 Å².